The number of ketones is 1. The molecule has 0 aromatic rings. The molecule has 48 valence electrons. The average molecular weight is 127 g/mol. The Labute approximate surface area is 52.3 Å². The van der Waals surface area contributed by atoms with Crippen LogP contribution in [0.5, 0.6) is 0 Å². The summed E-state index contributed by atoms with van der Waals surface area (Å²) in [6.45, 7) is 0. The topological polar surface area (TPSA) is 40.9 Å². The Morgan fingerprint density at radius 3 is 2.78 bits per heavy atom. The zero-order valence-corrected chi connectivity index (χ0v) is 4.80. The predicted molar refractivity (Wildman–Crippen MR) is 28.2 cm³/mol. The Balaban J connectivity index is 2.30. The van der Waals surface area contributed by atoms with Crippen LogP contribution >= 0.6 is 0 Å². The summed E-state index contributed by atoms with van der Waals surface area (Å²) >= 11 is 0. The van der Waals surface area contributed by atoms with Crippen LogP contribution in [0.3, 0.4) is 0 Å². The molecule has 0 unspecified atom stereocenters. The largest absolute Gasteiger partial charge is 0.298 e. The van der Waals surface area contributed by atoms with Crippen molar-refractivity contribution in [2.45, 2.75) is 19.0 Å². The molecule has 0 heterocycles. The van der Waals surface area contributed by atoms with Crippen LogP contribution < -0.4 is 0 Å². The fourth-order valence-corrected chi connectivity index (χ4v) is 0.706. The number of halogens is 1. The van der Waals surface area contributed by atoms with Gasteiger partial charge in [-0.1, -0.05) is 0 Å². The summed E-state index contributed by atoms with van der Waals surface area (Å²) in [7, 11) is 0. The average Bonchev–Trinajstić information content (AvgIpc) is 2.47. The second-order valence-electron chi connectivity index (χ2n) is 2.16. The molecule has 0 amide bonds. The van der Waals surface area contributed by atoms with E-state index in [0.717, 1.165) is 0 Å². The third-order valence-corrected chi connectivity index (χ3v) is 1.38. The van der Waals surface area contributed by atoms with E-state index in [-0.39, 0.29) is 12.2 Å². The standard InChI is InChI=1S/C6H6FNO/c7-5-3-4(5)6(9)1-2-8/h4-5H,1,3H2/t4-,5-/m1/s1. The minimum atomic E-state index is -0.953. The maximum absolute atomic E-state index is 12.0. The van der Waals surface area contributed by atoms with E-state index in [1.165, 1.54) is 0 Å². The van der Waals surface area contributed by atoms with E-state index in [2.05, 4.69) is 0 Å². The highest BCUT2D eigenvalue weighted by atomic mass is 19.1. The van der Waals surface area contributed by atoms with Gasteiger partial charge in [0.05, 0.1) is 18.4 Å². The SMILES string of the molecule is N#CCC(=O)[C@@H]1C[C@H]1F. The number of carbonyl (C=O) groups is 1. The first-order valence-electron chi connectivity index (χ1n) is 2.79. The zero-order valence-electron chi connectivity index (χ0n) is 4.80. The summed E-state index contributed by atoms with van der Waals surface area (Å²) < 4.78 is 12.0. The molecule has 2 nitrogen and oxygen atoms in total. The first-order valence-corrected chi connectivity index (χ1v) is 2.79. The Hall–Kier alpha value is -0.910. The van der Waals surface area contributed by atoms with Gasteiger partial charge in [-0.2, -0.15) is 5.26 Å². The van der Waals surface area contributed by atoms with Crippen LogP contribution in [0.1, 0.15) is 12.8 Å². The number of carbonyl (C=O) groups excluding carboxylic acids is 1. The number of hydrogen-bond acceptors (Lipinski definition) is 2. The van der Waals surface area contributed by atoms with Gasteiger partial charge in [0.25, 0.3) is 0 Å². The van der Waals surface area contributed by atoms with Gasteiger partial charge in [0.1, 0.15) is 6.17 Å². The van der Waals surface area contributed by atoms with E-state index in [1.807, 2.05) is 0 Å². The first-order chi connectivity index (χ1) is 4.25. The van der Waals surface area contributed by atoms with Crippen molar-refractivity contribution < 1.29 is 9.18 Å². The van der Waals surface area contributed by atoms with Crippen molar-refractivity contribution in [3.8, 4) is 6.07 Å². The van der Waals surface area contributed by atoms with Crippen LogP contribution in [0.4, 0.5) is 4.39 Å². The highest BCUT2D eigenvalue weighted by Crippen LogP contribution is 2.35. The molecule has 3 heteroatoms. The van der Waals surface area contributed by atoms with E-state index < -0.39 is 12.1 Å². The van der Waals surface area contributed by atoms with Crippen molar-refractivity contribution in [1.29, 1.82) is 5.26 Å². The van der Waals surface area contributed by atoms with E-state index >= 15 is 0 Å². The van der Waals surface area contributed by atoms with Crippen LogP contribution in [0.15, 0.2) is 0 Å². The lowest BCUT2D eigenvalue weighted by Crippen LogP contribution is -2.00. The molecule has 9 heavy (non-hydrogen) atoms. The molecule has 0 spiro atoms. The monoisotopic (exact) mass is 127 g/mol. The maximum atomic E-state index is 12.0. The fraction of sp³-hybridized carbons (Fsp3) is 0.667. The maximum Gasteiger partial charge on any atom is 0.152 e. The van der Waals surface area contributed by atoms with Gasteiger partial charge in [0.15, 0.2) is 5.78 Å². The number of hydrogen-bond donors (Lipinski definition) is 0. The molecular formula is C6H6FNO. The molecule has 1 fully saturated rings. The van der Waals surface area contributed by atoms with Crippen molar-refractivity contribution in [3.63, 3.8) is 0 Å². The number of nitriles is 1. The van der Waals surface area contributed by atoms with E-state index in [4.69, 9.17) is 5.26 Å². The highest BCUT2D eigenvalue weighted by Gasteiger charge is 2.42. The first kappa shape index (κ1) is 6.21. The summed E-state index contributed by atoms with van der Waals surface area (Å²) in [5, 5.41) is 8.01. The summed E-state index contributed by atoms with van der Waals surface area (Å²) in [4.78, 5) is 10.6. The highest BCUT2D eigenvalue weighted by molar-refractivity contribution is 5.85. The number of Topliss-reactive ketones (excluding diaryl/α,β-unsaturated/α-hetero) is 1. The number of alkyl halides is 1. The number of rotatable bonds is 2. The third-order valence-electron chi connectivity index (χ3n) is 1.38. The second kappa shape index (κ2) is 2.14. The van der Waals surface area contributed by atoms with Crippen LogP contribution in [0, 0.1) is 17.2 Å². The van der Waals surface area contributed by atoms with E-state index in [1.54, 1.807) is 6.07 Å². The normalized spacial score (nSPS) is 31.1. The van der Waals surface area contributed by atoms with Gasteiger partial charge in [0.2, 0.25) is 0 Å². The molecule has 0 aromatic heterocycles. The van der Waals surface area contributed by atoms with Gasteiger partial charge in [-0.3, -0.25) is 4.79 Å². The van der Waals surface area contributed by atoms with Crippen LogP contribution in [0.25, 0.3) is 0 Å². The lowest BCUT2D eigenvalue weighted by molar-refractivity contribution is -0.119. The van der Waals surface area contributed by atoms with Gasteiger partial charge in [-0.25, -0.2) is 4.39 Å². The van der Waals surface area contributed by atoms with Gasteiger partial charge in [0, 0.05) is 0 Å². The van der Waals surface area contributed by atoms with Crippen molar-refractivity contribution in [2.75, 3.05) is 0 Å². The minimum Gasteiger partial charge on any atom is -0.298 e. The van der Waals surface area contributed by atoms with Crippen molar-refractivity contribution in [1.82, 2.24) is 0 Å². The zero-order chi connectivity index (χ0) is 6.85. The van der Waals surface area contributed by atoms with Crippen LogP contribution in [-0.4, -0.2) is 12.0 Å². The molecule has 1 aliphatic rings. The van der Waals surface area contributed by atoms with Crippen molar-refractivity contribution in [2.24, 2.45) is 5.92 Å². The summed E-state index contributed by atoms with van der Waals surface area (Å²) in [6, 6.07) is 1.69. The fourth-order valence-electron chi connectivity index (χ4n) is 0.706. The molecule has 0 bridgehead atoms. The summed E-state index contributed by atoms with van der Waals surface area (Å²) in [5.74, 6) is -0.686. The lowest BCUT2D eigenvalue weighted by atomic mass is 10.2. The Morgan fingerprint density at radius 1 is 1.89 bits per heavy atom. The lowest BCUT2D eigenvalue weighted by Gasteiger charge is -1.84. The molecule has 0 aromatic carbocycles. The molecule has 2 atom stereocenters. The van der Waals surface area contributed by atoms with Gasteiger partial charge < -0.3 is 0 Å². The Bertz CT molecular complexity index is 172. The van der Waals surface area contributed by atoms with Crippen molar-refractivity contribution in [3.05, 3.63) is 0 Å². The molecule has 0 saturated heterocycles. The third kappa shape index (κ3) is 1.26. The molecule has 1 rings (SSSR count). The van der Waals surface area contributed by atoms with Crippen LogP contribution in [0.2, 0.25) is 0 Å². The van der Waals surface area contributed by atoms with E-state index in [0.29, 0.717) is 6.42 Å². The quantitative estimate of drug-likeness (QED) is 0.551. The minimum absolute atomic E-state index is 0.134. The number of nitrogens with zero attached hydrogens (tertiary/aromatic N) is 1. The summed E-state index contributed by atoms with van der Waals surface area (Å²) in [6.07, 6.45) is -0.753. The molecule has 0 radical (unpaired) electrons. The Morgan fingerprint density at radius 2 is 2.44 bits per heavy atom. The van der Waals surface area contributed by atoms with Gasteiger partial charge in [-0.05, 0) is 6.42 Å². The second-order valence-corrected chi connectivity index (χ2v) is 2.16. The van der Waals surface area contributed by atoms with Gasteiger partial charge >= 0.3 is 0 Å². The molecule has 1 saturated carbocycles. The van der Waals surface area contributed by atoms with Crippen molar-refractivity contribution >= 4 is 5.78 Å². The molecule has 0 N–H and O–H groups in total. The van der Waals surface area contributed by atoms with Crippen LogP contribution in [-0.2, 0) is 4.79 Å². The smallest absolute Gasteiger partial charge is 0.152 e. The summed E-state index contributed by atoms with van der Waals surface area (Å²) in [5.41, 5.74) is 0. The molecule has 0 aliphatic heterocycles. The van der Waals surface area contributed by atoms with Gasteiger partial charge in [-0.15, -0.1) is 0 Å². The molecular weight excluding hydrogens is 121 g/mol. The molecule has 1 aliphatic carbocycles. The predicted octanol–water partition coefficient (Wildman–Crippen LogP) is 0.827. The van der Waals surface area contributed by atoms with E-state index in [9.17, 15) is 9.18 Å². The Kier molecular flexibility index (Phi) is 1.48.